The largest absolute Gasteiger partial charge is 0.337 e. The highest BCUT2D eigenvalue weighted by Gasteiger charge is 2.17. The molecule has 1 aromatic carbocycles. The summed E-state index contributed by atoms with van der Waals surface area (Å²) < 4.78 is 0. The van der Waals surface area contributed by atoms with Gasteiger partial charge in [0.2, 0.25) is 0 Å². The van der Waals surface area contributed by atoms with E-state index in [1.54, 1.807) is 17.5 Å². The summed E-state index contributed by atoms with van der Waals surface area (Å²) in [5.74, 6) is 0.465. The second-order valence-corrected chi connectivity index (χ2v) is 6.21. The Bertz CT molecular complexity index is 964. The SMILES string of the molecule is Cc1sccc1C(=O)Nc1c[nH]nc1-c1nc2ccccc2[nH]1. The molecule has 3 heterocycles. The number of aromatic nitrogens is 4. The van der Waals surface area contributed by atoms with Crippen LogP contribution >= 0.6 is 11.3 Å². The number of aromatic amines is 2. The Labute approximate surface area is 135 Å². The van der Waals surface area contributed by atoms with Gasteiger partial charge in [0.25, 0.3) is 5.91 Å². The molecule has 114 valence electrons. The van der Waals surface area contributed by atoms with Crippen molar-refractivity contribution in [2.24, 2.45) is 0 Å². The van der Waals surface area contributed by atoms with Crippen molar-refractivity contribution in [3.8, 4) is 11.5 Å². The Morgan fingerprint density at radius 3 is 2.91 bits per heavy atom. The van der Waals surface area contributed by atoms with Crippen molar-refractivity contribution in [3.63, 3.8) is 0 Å². The van der Waals surface area contributed by atoms with Gasteiger partial charge >= 0.3 is 0 Å². The predicted octanol–water partition coefficient (Wildman–Crippen LogP) is 3.58. The summed E-state index contributed by atoms with van der Waals surface area (Å²) in [6.07, 6.45) is 1.65. The number of nitrogens with zero attached hydrogens (tertiary/aromatic N) is 2. The molecule has 0 aliphatic rings. The van der Waals surface area contributed by atoms with E-state index >= 15 is 0 Å². The fraction of sp³-hybridized carbons (Fsp3) is 0.0625. The molecule has 1 amide bonds. The second kappa shape index (κ2) is 5.36. The standard InChI is InChI=1S/C16H13N5OS/c1-9-10(6-7-23-9)16(22)20-13-8-17-21-14(13)15-18-11-4-2-3-5-12(11)19-15/h2-8H,1H3,(H,17,21)(H,18,19)(H,20,22). The molecule has 0 bridgehead atoms. The molecule has 4 rings (SSSR count). The van der Waals surface area contributed by atoms with Gasteiger partial charge in [-0.25, -0.2) is 4.98 Å². The van der Waals surface area contributed by atoms with E-state index < -0.39 is 0 Å². The van der Waals surface area contributed by atoms with Crippen molar-refractivity contribution in [2.75, 3.05) is 5.32 Å². The zero-order chi connectivity index (χ0) is 15.8. The van der Waals surface area contributed by atoms with Crippen LogP contribution in [0, 0.1) is 6.92 Å². The maximum atomic E-state index is 12.4. The Kier molecular flexibility index (Phi) is 3.20. The van der Waals surface area contributed by atoms with Crippen LogP contribution in [0.3, 0.4) is 0 Å². The number of fused-ring (bicyclic) bond motifs is 1. The number of anilines is 1. The molecular formula is C16H13N5OS. The lowest BCUT2D eigenvalue weighted by atomic mass is 10.2. The first-order valence-electron chi connectivity index (χ1n) is 7.07. The van der Waals surface area contributed by atoms with Crippen molar-refractivity contribution in [1.82, 2.24) is 20.2 Å². The molecule has 0 fully saturated rings. The maximum absolute atomic E-state index is 12.4. The minimum atomic E-state index is -0.150. The number of benzene rings is 1. The average molecular weight is 323 g/mol. The van der Waals surface area contributed by atoms with E-state index in [1.807, 2.05) is 42.6 Å². The molecule has 3 N–H and O–H groups in total. The molecular weight excluding hydrogens is 310 g/mol. The summed E-state index contributed by atoms with van der Waals surface area (Å²) in [6.45, 7) is 1.93. The molecule has 0 radical (unpaired) electrons. The van der Waals surface area contributed by atoms with Crippen molar-refractivity contribution in [1.29, 1.82) is 0 Å². The lowest BCUT2D eigenvalue weighted by Crippen LogP contribution is -2.12. The summed E-state index contributed by atoms with van der Waals surface area (Å²) in [5, 5.41) is 11.8. The number of carbonyl (C=O) groups excluding carboxylic acids is 1. The molecule has 0 aliphatic carbocycles. The van der Waals surface area contributed by atoms with Gasteiger partial charge in [0, 0.05) is 11.1 Å². The number of hydrogen-bond acceptors (Lipinski definition) is 4. The van der Waals surface area contributed by atoms with E-state index in [1.165, 1.54) is 0 Å². The number of hydrogen-bond donors (Lipinski definition) is 3. The molecule has 0 saturated heterocycles. The van der Waals surface area contributed by atoms with E-state index in [2.05, 4.69) is 25.5 Å². The van der Waals surface area contributed by atoms with Gasteiger partial charge in [-0.15, -0.1) is 11.3 Å². The van der Waals surface area contributed by atoms with E-state index in [0.717, 1.165) is 15.9 Å². The molecule has 0 spiro atoms. The highest BCUT2D eigenvalue weighted by molar-refractivity contribution is 7.10. The minimum absolute atomic E-state index is 0.150. The van der Waals surface area contributed by atoms with Crippen LogP contribution in [0.2, 0.25) is 0 Å². The number of rotatable bonds is 3. The topological polar surface area (TPSA) is 86.5 Å². The van der Waals surface area contributed by atoms with Crippen LogP contribution in [0.25, 0.3) is 22.6 Å². The van der Waals surface area contributed by atoms with Crippen LogP contribution in [0.5, 0.6) is 0 Å². The number of thiophene rings is 1. The summed E-state index contributed by atoms with van der Waals surface area (Å²) in [5.41, 5.74) is 3.64. The summed E-state index contributed by atoms with van der Waals surface area (Å²) >= 11 is 1.55. The fourth-order valence-electron chi connectivity index (χ4n) is 2.44. The van der Waals surface area contributed by atoms with Gasteiger partial charge in [-0.05, 0) is 30.5 Å². The van der Waals surface area contributed by atoms with Gasteiger partial charge in [0.15, 0.2) is 11.5 Å². The van der Waals surface area contributed by atoms with Crippen LogP contribution in [0.1, 0.15) is 15.2 Å². The van der Waals surface area contributed by atoms with Crippen molar-refractivity contribution >= 4 is 34.0 Å². The number of amides is 1. The Morgan fingerprint density at radius 2 is 2.13 bits per heavy atom. The van der Waals surface area contributed by atoms with E-state index in [4.69, 9.17) is 0 Å². The Balaban J connectivity index is 1.68. The van der Waals surface area contributed by atoms with Crippen LogP contribution in [0.15, 0.2) is 41.9 Å². The smallest absolute Gasteiger partial charge is 0.256 e. The Hall–Kier alpha value is -2.93. The first-order chi connectivity index (χ1) is 11.2. The molecule has 0 atom stereocenters. The number of H-pyrrole nitrogens is 2. The van der Waals surface area contributed by atoms with E-state index in [9.17, 15) is 4.79 Å². The lowest BCUT2D eigenvalue weighted by Gasteiger charge is -2.03. The fourth-order valence-corrected chi connectivity index (χ4v) is 3.14. The first-order valence-corrected chi connectivity index (χ1v) is 7.94. The predicted molar refractivity (Wildman–Crippen MR) is 90.7 cm³/mol. The maximum Gasteiger partial charge on any atom is 0.256 e. The zero-order valence-corrected chi connectivity index (χ0v) is 13.1. The van der Waals surface area contributed by atoms with Crippen molar-refractivity contribution in [3.05, 3.63) is 52.3 Å². The number of aryl methyl sites for hydroxylation is 1. The summed E-state index contributed by atoms with van der Waals surface area (Å²) in [4.78, 5) is 21.1. The number of nitrogens with one attached hydrogen (secondary N) is 3. The van der Waals surface area contributed by atoms with Crippen molar-refractivity contribution in [2.45, 2.75) is 6.92 Å². The van der Waals surface area contributed by atoms with E-state index in [-0.39, 0.29) is 5.91 Å². The van der Waals surface area contributed by atoms with Crippen LogP contribution in [0.4, 0.5) is 5.69 Å². The normalized spacial score (nSPS) is 11.0. The Morgan fingerprint density at radius 1 is 1.26 bits per heavy atom. The first kappa shape index (κ1) is 13.7. The highest BCUT2D eigenvalue weighted by atomic mass is 32.1. The molecule has 7 heteroatoms. The van der Waals surface area contributed by atoms with E-state index in [0.29, 0.717) is 22.8 Å². The lowest BCUT2D eigenvalue weighted by molar-refractivity contribution is 0.102. The third kappa shape index (κ3) is 2.40. The number of para-hydroxylation sites is 2. The molecule has 23 heavy (non-hydrogen) atoms. The molecule has 4 aromatic rings. The summed E-state index contributed by atoms with van der Waals surface area (Å²) in [6, 6.07) is 9.56. The van der Waals surface area contributed by atoms with Crippen molar-refractivity contribution < 1.29 is 4.79 Å². The van der Waals surface area contributed by atoms with Gasteiger partial charge in [0.05, 0.1) is 22.3 Å². The van der Waals surface area contributed by atoms with Gasteiger partial charge < -0.3 is 10.3 Å². The number of imidazole rings is 1. The second-order valence-electron chi connectivity index (χ2n) is 5.09. The zero-order valence-electron chi connectivity index (χ0n) is 12.3. The van der Waals surface area contributed by atoms with Crippen LogP contribution in [-0.2, 0) is 0 Å². The van der Waals surface area contributed by atoms with Gasteiger partial charge in [0.1, 0.15) is 0 Å². The number of carbonyl (C=O) groups is 1. The van der Waals surface area contributed by atoms with Gasteiger partial charge in [-0.1, -0.05) is 12.1 Å². The average Bonchev–Trinajstić information content (AvgIpc) is 3.24. The highest BCUT2D eigenvalue weighted by Crippen LogP contribution is 2.26. The monoisotopic (exact) mass is 323 g/mol. The molecule has 3 aromatic heterocycles. The quantitative estimate of drug-likeness (QED) is 0.538. The molecule has 0 aliphatic heterocycles. The van der Waals surface area contributed by atoms with Gasteiger partial charge in [-0.3, -0.25) is 9.89 Å². The third-order valence-electron chi connectivity index (χ3n) is 3.61. The van der Waals surface area contributed by atoms with Crippen LogP contribution in [-0.4, -0.2) is 26.1 Å². The van der Waals surface area contributed by atoms with Crippen LogP contribution < -0.4 is 5.32 Å². The molecule has 6 nitrogen and oxygen atoms in total. The molecule has 0 unspecified atom stereocenters. The van der Waals surface area contributed by atoms with Gasteiger partial charge in [-0.2, -0.15) is 5.10 Å². The summed E-state index contributed by atoms with van der Waals surface area (Å²) in [7, 11) is 0. The minimum Gasteiger partial charge on any atom is -0.337 e. The third-order valence-corrected chi connectivity index (χ3v) is 4.45. The molecule has 0 saturated carbocycles.